The van der Waals surface area contributed by atoms with Gasteiger partial charge in [-0.1, -0.05) is 25.7 Å². The zero-order valence-electron chi connectivity index (χ0n) is 9.41. The molecule has 0 aromatic carbocycles. The average molecular weight is 211 g/mol. The summed E-state index contributed by atoms with van der Waals surface area (Å²) in [6.07, 6.45) is 8.24. The first-order chi connectivity index (χ1) is 7.38. The zero-order valence-corrected chi connectivity index (χ0v) is 9.41. The standard InChI is InChI=1S/C12H21NO2/c14-12-7-9-15-10-8-13(12)11-5-3-1-2-4-6-11/h11H,1-10H2. The van der Waals surface area contributed by atoms with Crippen molar-refractivity contribution in [1.29, 1.82) is 0 Å². The van der Waals surface area contributed by atoms with Gasteiger partial charge in [0.15, 0.2) is 0 Å². The van der Waals surface area contributed by atoms with Crippen LogP contribution in [0.5, 0.6) is 0 Å². The second-order valence-corrected chi connectivity index (χ2v) is 4.59. The van der Waals surface area contributed by atoms with Crippen molar-refractivity contribution in [3.05, 3.63) is 0 Å². The molecule has 2 fully saturated rings. The van der Waals surface area contributed by atoms with Crippen LogP contribution in [0.25, 0.3) is 0 Å². The van der Waals surface area contributed by atoms with E-state index in [0.717, 1.165) is 13.2 Å². The molecule has 3 heteroatoms. The van der Waals surface area contributed by atoms with Gasteiger partial charge in [-0.05, 0) is 12.8 Å². The van der Waals surface area contributed by atoms with E-state index in [9.17, 15) is 4.79 Å². The smallest absolute Gasteiger partial charge is 0.225 e. The Hall–Kier alpha value is -0.570. The van der Waals surface area contributed by atoms with E-state index >= 15 is 0 Å². The van der Waals surface area contributed by atoms with Gasteiger partial charge in [0.1, 0.15) is 0 Å². The van der Waals surface area contributed by atoms with E-state index in [2.05, 4.69) is 4.90 Å². The number of rotatable bonds is 1. The van der Waals surface area contributed by atoms with E-state index in [-0.39, 0.29) is 0 Å². The molecule has 0 aromatic rings. The Kier molecular flexibility index (Phi) is 4.01. The number of amides is 1. The molecule has 1 heterocycles. The lowest BCUT2D eigenvalue weighted by Crippen LogP contribution is -2.40. The van der Waals surface area contributed by atoms with Crippen LogP contribution >= 0.6 is 0 Å². The Balaban J connectivity index is 1.95. The number of hydrogen-bond acceptors (Lipinski definition) is 2. The molecular formula is C12H21NO2. The molecule has 0 unspecified atom stereocenters. The highest BCUT2D eigenvalue weighted by Crippen LogP contribution is 2.23. The van der Waals surface area contributed by atoms with Crippen LogP contribution in [0, 0.1) is 0 Å². The van der Waals surface area contributed by atoms with Gasteiger partial charge in [0.25, 0.3) is 0 Å². The Labute approximate surface area is 91.8 Å². The molecule has 1 saturated heterocycles. The SMILES string of the molecule is O=C1CCOCCN1C1CCCCCC1. The summed E-state index contributed by atoms with van der Waals surface area (Å²) in [6.45, 7) is 2.15. The molecule has 0 atom stereocenters. The van der Waals surface area contributed by atoms with Gasteiger partial charge in [-0.25, -0.2) is 0 Å². The van der Waals surface area contributed by atoms with Gasteiger partial charge >= 0.3 is 0 Å². The molecule has 1 aliphatic heterocycles. The molecule has 2 aliphatic rings. The fraction of sp³-hybridized carbons (Fsp3) is 0.917. The second kappa shape index (κ2) is 5.50. The van der Waals surface area contributed by atoms with Crippen molar-refractivity contribution in [2.45, 2.75) is 51.0 Å². The minimum absolute atomic E-state index is 0.305. The maximum absolute atomic E-state index is 11.9. The molecule has 3 nitrogen and oxygen atoms in total. The van der Waals surface area contributed by atoms with Crippen LogP contribution in [0.4, 0.5) is 0 Å². The fourth-order valence-corrected chi connectivity index (χ4v) is 2.65. The lowest BCUT2D eigenvalue weighted by molar-refractivity contribution is -0.132. The summed E-state index contributed by atoms with van der Waals surface area (Å²) in [5.74, 6) is 0.305. The summed E-state index contributed by atoms with van der Waals surface area (Å²) >= 11 is 0. The van der Waals surface area contributed by atoms with Crippen LogP contribution in [-0.4, -0.2) is 36.6 Å². The molecule has 1 amide bonds. The van der Waals surface area contributed by atoms with Crippen LogP contribution in [0.2, 0.25) is 0 Å². The Morgan fingerprint density at radius 1 is 1.07 bits per heavy atom. The highest BCUT2D eigenvalue weighted by atomic mass is 16.5. The average Bonchev–Trinajstić information content (AvgIpc) is 2.59. The lowest BCUT2D eigenvalue weighted by atomic mass is 10.1. The minimum atomic E-state index is 0.305. The number of carbonyl (C=O) groups is 1. The van der Waals surface area contributed by atoms with E-state index in [1.807, 2.05) is 0 Å². The summed E-state index contributed by atoms with van der Waals surface area (Å²) in [5, 5.41) is 0. The largest absolute Gasteiger partial charge is 0.379 e. The third kappa shape index (κ3) is 2.94. The van der Waals surface area contributed by atoms with Gasteiger partial charge in [-0.2, -0.15) is 0 Å². The molecule has 0 aromatic heterocycles. The number of ether oxygens (including phenoxy) is 1. The third-order valence-corrected chi connectivity index (χ3v) is 3.52. The van der Waals surface area contributed by atoms with Crippen molar-refractivity contribution >= 4 is 5.91 Å². The molecule has 86 valence electrons. The monoisotopic (exact) mass is 211 g/mol. The van der Waals surface area contributed by atoms with Crippen molar-refractivity contribution in [2.75, 3.05) is 19.8 Å². The van der Waals surface area contributed by atoms with Crippen molar-refractivity contribution in [2.24, 2.45) is 0 Å². The molecule has 0 radical (unpaired) electrons. The van der Waals surface area contributed by atoms with Gasteiger partial charge in [0.2, 0.25) is 5.91 Å². The van der Waals surface area contributed by atoms with Crippen LogP contribution in [0.3, 0.4) is 0 Å². The van der Waals surface area contributed by atoms with E-state index in [1.165, 1.54) is 38.5 Å². The van der Waals surface area contributed by atoms with Crippen LogP contribution in [0.15, 0.2) is 0 Å². The maximum atomic E-state index is 11.9. The molecule has 1 aliphatic carbocycles. The van der Waals surface area contributed by atoms with Crippen molar-refractivity contribution in [3.8, 4) is 0 Å². The topological polar surface area (TPSA) is 29.5 Å². The summed E-state index contributed by atoms with van der Waals surface area (Å²) in [4.78, 5) is 14.0. The van der Waals surface area contributed by atoms with Crippen molar-refractivity contribution < 1.29 is 9.53 Å². The summed E-state index contributed by atoms with van der Waals surface area (Å²) in [6, 6.07) is 0.502. The van der Waals surface area contributed by atoms with E-state index in [4.69, 9.17) is 4.74 Å². The van der Waals surface area contributed by atoms with Crippen molar-refractivity contribution in [3.63, 3.8) is 0 Å². The molecule has 0 bridgehead atoms. The second-order valence-electron chi connectivity index (χ2n) is 4.59. The highest BCUT2D eigenvalue weighted by molar-refractivity contribution is 5.76. The van der Waals surface area contributed by atoms with Crippen molar-refractivity contribution in [1.82, 2.24) is 4.90 Å². The molecule has 0 N–H and O–H groups in total. The first-order valence-corrected chi connectivity index (χ1v) is 6.25. The van der Waals surface area contributed by atoms with Gasteiger partial charge in [-0.3, -0.25) is 4.79 Å². The number of nitrogens with zero attached hydrogens (tertiary/aromatic N) is 1. The molecular weight excluding hydrogens is 190 g/mol. The highest BCUT2D eigenvalue weighted by Gasteiger charge is 2.25. The van der Waals surface area contributed by atoms with Gasteiger partial charge < -0.3 is 9.64 Å². The molecule has 2 rings (SSSR count). The van der Waals surface area contributed by atoms with Gasteiger partial charge in [0.05, 0.1) is 19.6 Å². The van der Waals surface area contributed by atoms with E-state index in [1.54, 1.807) is 0 Å². The van der Waals surface area contributed by atoms with Gasteiger partial charge in [-0.15, -0.1) is 0 Å². The first kappa shape index (κ1) is 10.9. The first-order valence-electron chi connectivity index (χ1n) is 6.25. The predicted molar refractivity (Wildman–Crippen MR) is 58.6 cm³/mol. The summed E-state index contributed by atoms with van der Waals surface area (Å²) < 4.78 is 5.35. The van der Waals surface area contributed by atoms with Gasteiger partial charge in [0, 0.05) is 12.6 Å². The van der Waals surface area contributed by atoms with Crippen LogP contribution in [0.1, 0.15) is 44.9 Å². The predicted octanol–water partition coefficient (Wildman–Crippen LogP) is 1.96. The summed E-state index contributed by atoms with van der Waals surface area (Å²) in [7, 11) is 0. The Morgan fingerprint density at radius 3 is 2.53 bits per heavy atom. The normalized spacial score (nSPS) is 26.1. The fourth-order valence-electron chi connectivity index (χ4n) is 2.65. The van der Waals surface area contributed by atoms with Crippen LogP contribution in [-0.2, 0) is 9.53 Å². The molecule has 0 spiro atoms. The lowest BCUT2D eigenvalue weighted by Gasteiger charge is -2.29. The number of carbonyl (C=O) groups excluding carboxylic acids is 1. The van der Waals surface area contributed by atoms with Crippen LogP contribution < -0.4 is 0 Å². The molecule has 1 saturated carbocycles. The molecule has 15 heavy (non-hydrogen) atoms. The summed E-state index contributed by atoms with van der Waals surface area (Å²) in [5.41, 5.74) is 0. The Morgan fingerprint density at radius 2 is 1.80 bits per heavy atom. The van der Waals surface area contributed by atoms with E-state index < -0.39 is 0 Å². The Bertz CT molecular complexity index is 210. The quantitative estimate of drug-likeness (QED) is 0.620. The third-order valence-electron chi connectivity index (χ3n) is 3.52. The number of hydrogen-bond donors (Lipinski definition) is 0. The zero-order chi connectivity index (χ0) is 10.5. The maximum Gasteiger partial charge on any atom is 0.225 e. The van der Waals surface area contributed by atoms with E-state index in [0.29, 0.717) is 25.0 Å². The minimum Gasteiger partial charge on any atom is -0.379 e.